The number of nitrogens with one attached hydrogen (secondary N) is 1. The van der Waals surface area contributed by atoms with Crippen LogP contribution in [0, 0.1) is 11.8 Å². The summed E-state index contributed by atoms with van der Waals surface area (Å²) in [5.74, 6) is 1.86. The lowest BCUT2D eigenvalue weighted by Gasteiger charge is -2.23. The molecule has 3 aliphatic carbocycles. The molecule has 6 nitrogen and oxygen atoms in total. The van der Waals surface area contributed by atoms with Crippen molar-refractivity contribution in [2.24, 2.45) is 11.8 Å². The average Bonchev–Trinajstić information content (AvgIpc) is 3.09. The zero-order valence-corrected chi connectivity index (χ0v) is 28.6. The van der Waals surface area contributed by atoms with Gasteiger partial charge in [-0.2, -0.15) is 0 Å². The van der Waals surface area contributed by atoms with Crippen molar-refractivity contribution >= 4 is 28.5 Å². The van der Waals surface area contributed by atoms with E-state index in [4.69, 9.17) is 4.74 Å². The van der Waals surface area contributed by atoms with Gasteiger partial charge in [-0.05, 0) is 87.5 Å². The van der Waals surface area contributed by atoms with Crippen LogP contribution in [-0.2, 0) is 15.8 Å². The smallest absolute Gasteiger partial charge is 0.250 e. The Kier molecular flexibility index (Phi) is 18.3. The van der Waals surface area contributed by atoms with E-state index in [-0.39, 0.29) is 29.3 Å². The number of hydrogen-bond acceptors (Lipinski definition) is 4. The molecule has 0 spiro atoms. The normalized spacial score (nSPS) is 20.0. The zero-order chi connectivity index (χ0) is 33.7. The van der Waals surface area contributed by atoms with Crippen LogP contribution in [-0.4, -0.2) is 46.0 Å². The van der Waals surface area contributed by atoms with Gasteiger partial charge in [-0.15, -0.1) is 11.6 Å². The topological polar surface area (TPSA) is 78.9 Å². The Bertz CT molecular complexity index is 1420. The van der Waals surface area contributed by atoms with Crippen molar-refractivity contribution in [3.8, 4) is 5.75 Å². The fraction of sp³-hybridized carbons (Fsp3) is 0.324. The van der Waals surface area contributed by atoms with Gasteiger partial charge in [0.2, 0.25) is 0 Å². The Morgan fingerprint density at radius 1 is 1.09 bits per heavy atom. The van der Waals surface area contributed by atoms with Crippen molar-refractivity contribution in [1.82, 2.24) is 9.62 Å². The summed E-state index contributed by atoms with van der Waals surface area (Å²) in [5, 5.41) is 13.2. The van der Waals surface area contributed by atoms with E-state index in [1.54, 1.807) is 42.6 Å². The number of aliphatic hydroxyl groups is 1. The molecule has 2 N–H and O–H groups in total. The molecule has 3 unspecified atom stereocenters. The molecule has 0 saturated carbocycles. The van der Waals surface area contributed by atoms with Gasteiger partial charge in [0.05, 0.1) is 4.91 Å². The van der Waals surface area contributed by atoms with E-state index < -0.39 is 11.0 Å². The SMILES string of the molecule is CCl.C\C=C/C(O)=C(\C=C\C)S(=O)N(C)CC1C=CC(C(=O)NCC2C=CC(Oc3ccccc3)=CC2)=CC1.FC1=CC=CCC1. The maximum Gasteiger partial charge on any atom is 0.250 e. The summed E-state index contributed by atoms with van der Waals surface area (Å²) in [6.45, 7) is 4.70. The fourth-order valence-corrected chi connectivity index (χ4v) is 5.72. The van der Waals surface area contributed by atoms with Crippen LogP contribution in [0.2, 0.25) is 0 Å². The van der Waals surface area contributed by atoms with Gasteiger partial charge in [0.1, 0.15) is 34.1 Å². The Hall–Kier alpha value is -3.72. The molecule has 1 amide bonds. The van der Waals surface area contributed by atoms with Crippen molar-refractivity contribution in [1.29, 1.82) is 0 Å². The molecule has 3 atom stereocenters. The van der Waals surface area contributed by atoms with E-state index in [0.29, 0.717) is 36.4 Å². The largest absolute Gasteiger partial charge is 0.507 e. The summed E-state index contributed by atoms with van der Waals surface area (Å²) < 4.78 is 32.5. The minimum Gasteiger partial charge on any atom is -0.507 e. The predicted molar refractivity (Wildman–Crippen MR) is 190 cm³/mol. The monoisotopic (exact) mass is 668 g/mol. The molecule has 9 heteroatoms. The van der Waals surface area contributed by atoms with Crippen molar-refractivity contribution in [3.63, 3.8) is 0 Å². The number of alkyl halides is 1. The van der Waals surface area contributed by atoms with Crippen LogP contribution in [0.25, 0.3) is 0 Å². The highest BCUT2D eigenvalue weighted by molar-refractivity contribution is 7.86. The maximum atomic E-state index is 13.0. The van der Waals surface area contributed by atoms with E-state index in [9.17, 15) is 18.5 Å². The highest BCUT2D eigenvalue weighted by Gasteiger charge is 2.21. The molecule has 248 valence electrons. The van der Waals surface area contributed by atoms with E-state index in [2.05, 4.69) is 23.0 Å². The van der Waals surface area contributed by atoms with Gasteiger partial charge in [0.25, 0.3) is 5.91 Å². The summed E-state index contributed by atoms with van der Waals surface area (Å²) in [7, 11) is 0.266. The number of halogens is 2. The standard InChI is InChI=1S/C30H36N2O4S.C6H7F.CH3Cl/c1-4-9-28(33)29(10-5-2)37(35)32(3)22-24-13-17-25(18-14-24)30(34)31-21-23-15-19-27(20-16-23)36-26-11-7-6-8-12-26;7-6-4-2-1-3-5-6;1-2/h4-13,15,17-20,23-24,33H,14,16,21-22H2,1-3H3,(H,31,34);1-2,4H,3,5H2;1H3/b9-4-,10-5+,29-28-;;. The number of para-hydroxylation sites is 1. The zero-order valence-electron chi connectivity index (χ0n) is 27.1. The summed E-state index contributed by atoms with van der Waals surface area (Å²) in [4.78, 5) is 13.0. The lowest BCUT2D eigenvalue weighted by atomic mass is 9.96. The van der Waals surface area contributed by atoms with Gasteiger partial charge in [0.15, 0.2) is 0 Å². The number of rotatable bonds is 11. The Balaban J connectivity index is 0.000000711. The van der Waals surface area contributed by atoms with Crippen LogP contribution < -0.4 is 10.1 Å². The Labute approximate surface area is 281 Å². The van der Waals surface area contributed by atoms with Crippen LogP contribution in [0.3, 0.4) is 0 Å². The molecule has 0 radical (unpaired) electrons. The van der Waals surface area contributed by atoms with Gasteiger partial charge in [-0.3, -0.25) is 4.79 Å². The summed E-state index contributed by atoms with van der Waals surface area (Å²) in [6.07, 6.45) is 28.1. The molecule has 4 rings (SSSR count). The molecule has 0 saturated heterocycles. The van der Waals surface area contributed by atoms with E-state index in [1.807, 2.05) is 73.7 Å². The minimum absolute atomic E-state index is 0.00231. The molecular formula is C37H46ClFN2O4S. The molecule has 46 heavy (non-hydrogen) atoms. The first kappa shape index (κ1) is 38.5. The van der Waals surface area contributed by atoms with Crippen LogP contribution in [0.1, 0.15) is 39.5 Å². The first-order chi connectivity index (χ1) is 22.3. The maximum absolute atomic E-state index is 13.0. The van der Waals surface area contributed by atoms with Crippen molar-refractivity contribution in [2.45, 2.75) is 39.5 Å². The number of nitrogens with zero attached hydrogens (tertiary/aromatic N) is 1. The number of aliphatic hydroxyl groups excluding tert-OH is 1. The molecule has 0 fully saturated rings. The first-order valence-corrected chi connectivity index (χ1v) is 17.2. The van der Waals surface area contributed by atoms with E-state index in [1.165, 1.54) is 18.5 Å². The highest BCUT2D eigenvalue weighted by atomic mass is 35.5. The van der Waals surface area contributed by atoms with E-state index >= 15 is 0 Å². The van der Waals surface area contributed by atoms with Crippen molar-refractivity contribution in [2.75, 3.05) is 26.5 Å². The second-order valence-corrected chi connectivity index (χ2v) is 12.1. The van der Waals surface area contributed by atoms with Crippen LogP contribution >= 0.6 is 11.6 Å². The number of benzene rings is 1. The molecule has 0 aromatic heterocycles. The van der Waals surface area contributed by atoms with Crippen LogP contribution in [0.5, 0.6) is 5.75 Å². The second-order valence-electron chi connectivity index (χ2n) is 10.5. The predicted octanol–water partition coefficient (Wildman–Crippen LogP) is 8.71. The van der Waals surface area contributed by atoms with Crippen molar-refractivity contribution < 1.29 is 23.2 Å². The molecular weight excluding hydrogens is 623 g/mol. The molecule has 0 aliphatic heterocycles. The number of amides is 1. The summed E-state index contributed by atoms with van der Waals surface area (Å²) in [5.41, 5.74) is 0.642. The van der Waals surface area contributed by atoms with Gasteiger partial charge < -0.3 is 15.2 Å². The second kappa shape index (κ2) is 21.9. The lowest BCUT2D eigenvalue weighted by Crippen LogP contribution is -2.31. The number of ether oxygens (including phenoxy) is 1. The third kappa shape index (κ3) is 13.7. The highest BCUT2D eigenvalue weighted by Crippen LogP contribution is 2.22. The van der Waals surface area contributed by atoms with Gasteiger partial charge >= 0.3 is 0 Å². The Morgan fingerprint density at radius 3 is 2.33 bits per heavy atom. The number of allylic oxidation sites excluding steroid dienone is 11. The van der Waals surface area contributed by atoms with Gasteiger partial charge in [-0.25, -0.2) is 12.9 Å². The average molecular weight is 669 g/mol. The number of hydrogen-bond donors (Lipinski definition) is 2. The van der Waals surface area contributed by atoms with Crippen LogP contribution in [0.4, 0.5) is 4.39 Å². The summed E-state index contributed by atoms with van der Waals surface area (Å²) >= 11 is 4.64. The van der Waals surface area contributed by atoms with Crippen LogP contribution in [0.15, 0.2) is 137 Å². The molecule has 3 aliphatic rings. The first-order valence-electron chi connectivity index (χ1n) is 15.3. The third-order valence-corrected chi connectivity index (χ3v) is 8.37. The molecule has 1 aromatic carbocycles. The third-order valence-electron chi connectivity index (χ3n) is 6.93. The Morgan fingerprint density at radius 2 is 1.78 bits per heavy atom. The molecule has 0 bridgehead atoms. The minimum atomic E-state index is -1.50. The summed E-state index contributed by atoms with van der Waals surface area (Å²) in [6, 6.07) is 9.66. The molecule has 1 aromatic rings. The molecule has 0 heterocycles. The van der Waals surface area contributed by atoms with Crippen molar-refractivity contribution in [3.05, 3.63) is 137 Å². The van der Waals surface area contributed by atoms with E-state index in [0.717, 1.165) is 24.4 Å². The van der Waals surface area contributed by atoms with Gasteiger partial charge in [-0.1, -0.05) is 66.8 Å². The quantitative estimate of drug-likeness (QED) is 0.140. The fourth-order valence-electron chi connectivity index (χ4n) is 4.55. The number of carbonyl (C=O) groups is 1. The van der Waals surface area contributed by atoms with Gasteiger partial charge in [0, 0.05) is 38.5 Å². The number of carbonyl (C=O) groups excluding carboxylic acids is 1. The lowest BCUT2D eigenvalue weighted by molar-refractivity contribution is -0.117.